The molecule has 1 aliphatic rings. The van der Waals surface area contributed by atoms with E-state index < -0.39 is 0 Å². The molecule has 0 radical (unpaired) electrons. The summed E-state index contributed by atoms with van der Waals surface area (Å²) >= 11 is 0. The molecule has 0 bridgehead atoms. The molecule has 0 aromatic carbocycles. The molecule has 6 nitrogen and oxygen atoms in total. The highest BCUT2D eigenvalue weighted by Gasteiger charge is 2.27. The zero-order valence-electron chi connectivity index (χ0n) is 11.2. The Morgan fingerprint density at radius 3 is 3.05 bits per heavy atom. The Balaban J connectivity index is 1.84. The number of carbonyl (C=O) groups excluding carboxylic acids is 2. The number of nitrogens with zero attached hydrogens (tertiary/aromatic N) is 3. The van der Waals surface area contributed by atoms with Gasteiger partial charge in [0.1, 0.15) is 5.65 Å². The normalized spacial score (nSPS) is 20.1. The number of hydrogen-bond acceptors (Lipinski definition) is 3. The van der Waals surface area contributed by atoms with Gasteiger partial charge in [0.15, 0.2) is 0 Å². The highest BCUT2D eigenvalue weighted by molar-refractivity contribution is 5.87. The van der Waals surface area contributed by atoms with Gasteiger partial charge in [0.25, 0.3) is 0 Å². The number of aromatic nitrogens is 2. The summed E-state index contributed by atoms with van der Waals surface area (Å²) in [6, 6.07) is 5.66. The molecule has 1 fully saturated rings. The number of hydrogen-bond donors (Lipinski definition) is 1. The van der Waals surface area contributed by atoms with E-state index in [0.29, 0.717) is 13.0 Å². The summed E-state index contributed by atoms with van der Waals surface area (Å²) in [4.78, 5) is 29.7. The van der Waals surface area contributed by atoms with Gasteiger partial charge in [-0.3, -0.25) is 9.59 Å². The van der Waals surface area contributed by atoms with E-state index in [-0.39, 0.29) is 24.4 Å². The molecule has 0 saturated carbocycles. The summed E-state index contributed by atoms with van der Waals surface area (Å²) in [7, 11) is 0. The van der Waals surface area contributed by atoms with Crippen LogP contribution >= 0.6 is 0 Å². The van der Waals surface area contributed by atoms with Crippen molar-refractivity contribution in [3.8, 4) is 0 Å². The smallest absolute Gasteiger partial charge is 0.242 e. The maximum Gasteiger partial charge on any atom is 0.242 e. The molecule has 20 heavy (non-hydrogen) atoms. The van der Waals surface area contributed by atoms with E-state index in [2.05, 4.69) is 10.3 Å². The first-order valence-electron chi connectivity index (χ1n) is 6.62. The van der Waals surface area contributed by atoms with E-state index in [1.165, 1.54) is 0 Å². The van der Waals surface area contributed by atoms with Crippen LogP contribution in [-0.2, 0) is 16.1 Å². The van der Waals surface area contributed by atoms with E-state index in [1.807, 2.05) is 41.9 Å². The predicted molar refractivity (Wildman–Crippen MR) is 72.8 cm³/mol. The van der Waals surface area contributed by atoms with Gasteiger partial charge in [-0.25, -0.2) is 4.98 Å². The number of pyridine rings is 1. The zero-order chi connectivity index (χ0) is 14.1. The second kappa shape index (κ2) is 4.96. The molecular formula is C14H16N4O2. The standard InChI is InChI=1S/C14H16N4O2/c1-10-6-13(19)15-7-14(20)18(10)9-11-8-17-5-3-2-4-12(17)16-11/h2-5,8,10H,6-7,9H2,1H3,(H,15,19). The molecule has 1 aliphatic heterocycles. The fourth-order valence-electron chi connectivity index (χ4n) is 2.45. The third kappa shape index (κ3) is 2.36. The van der Waals surface area contributed by atoms with Crippen molar-refractivity contribution in [1.82, 2.24) is 19.6 Å². The van der Waals surface area contributed by atoms with Gasteiger partial charge in [-0.1, -0.05) is 6.07 Å². The summed E-state index contributed by atoms with van der Waals surface area (Å²) in [6.45, 7) is 2.38. The van der Waals surface area contributed by atoms with Crippen molar-refractivity contribution >= 4 is 17.5 Å². The third-order valence-electron chi connectivity index (χ3n) is 3.52. The van der Waals surface area contributed by atoms with E-state index >= 15 is 0 Å². The lowest BCUT2D eigenvalue weighted by Crippen LogP contribution is -2.39. The Morgan fingerprint density at radius 1 is 1.40 bits per heavy atom. The van der Waals surface area contributed by atoms with E-state index in [9.17, 15) is 9.59 Å². The average Bonchev–Trinajstić information content (AvgIpc) is 2.79. The Hall–Kier alpha value is -2.37. The zero-order valence-corrected chi connectivity index (χ0v) is 11.2. The number of fused-ring (bicyclic) bond motifs is 1. The van der Waals surface area contributed by atoms with Crippen molar-refractivity contribution < 1.29 is 9.59 Å². The van der Waals surface area contributed by atoms with Crippen LogP contribution in [-0.4, -0.2) is 38.7 Å². The topological polar surface area (TPSA) is 66.7 Å². The highest BCUT2D eigenvalue weighted by Crippen LogP contribution is 2.13. The SMILES string of the molecule is CC1CC(=O)NCC(=O)N1Cc1cn2ccccc2n1. The maximum absolute atomic E-state index is 12.1. The fraction of sp³-hybridized carbons (Fsp3) is 0.357. The van der Waals surface area contributed by atoms with Crippen LogP contribution in [0, 0.1) is 0 Å². The van der Waals surface area contributed by atoms with Gasteiger partial charge >= 0.3 is 0 Å². The van der Waals surface area contributed by atoms with Crippen LogP contribution in [0.5, 0.6) is 0 Å². The minimum Gasteiger partial charge on any atom is -0.347 e. The fourth-order valence-corrected chi connectivity index (χ4v) is 2.45. The summed E-state index contributed by atoms with van der Waals surface area (Å²) < 4.78 is 1.92. The van der Waals surface area contributed by atoms with E-state index in [0.717, 1.165) is 11.3 Å². The van der Waals surface area contributed by atoms with Gasteiger partial charge in [-0.05, 0) is 19.1 Å². The number of carbonyl (C=O) groups is 2. The van der Waals surface area contributed by atoms with Crippen molar-refractivity contribution in [2.24, 2.45) is 0 Å². The van der Waals surface area contributed by atoms with Gasteiger partial charge in [0.2, 0.25) is 11.8 Å². The van der Waals surface area contributed by atoms with Crippen molar-refractivity contribution in [1.29, 1.82) is 0 Å². The van der Waals surface area contributed by atoms with Gasteiger partial charge in [0, 0.05) is 24.9 Å². The minimum atomic E-state index is -0.116. The van der Waals surface area contributed by atoms with Gasteiger partial charge in [-0.15, -0.1) is 0 Å². The van der Waals surface area contributed by atoms with Gasteiger partial charge in [0.05, 0.1) is 18.8 Å². The highest BCUT2D eigenvalue weighted by atomic mass is 16.2. The Morgan fingerprint density at radius 2 is 2.25 bits per heavy atom. The molecular weight excluding hydrogens is 256 g/mol. The minimum absolute atomic E-state index is 0.0660. The number of amides is 2. The lowest BCUT2D eigenvalue weighted by molar-refractivity contribution is -0.132. The van der Waals surface area contributed by atoms with Crippen molar-refractivity contribution in [2.45, 2.75) is 25.9 Å². The molecule has 1 unspecified atom stereocenters. The predicted octanol–water partition coefficient (Wildman–Crippen LogP) is 0.571. The number of nitrogens with one attached hydrogen (secondary N) is 1. The second-order valence-electron chi connectivity index (χ2n) is 5.05. The molecule has 6 heteroatoms. The third-order valence-corrected chi connectivity index (χ3v) is 3.52. The summed E-state index contributed by atoms with van der Waals surface area (Å²) in [5.41, 5.74) is 1.68. The first kappa shape index (κ1) is 12.7. The quantitative estimate of drug-likeness (QED) is 0.869. The molecule has 1 atom stereocenters. The van der Waals surface area contributed by atoms with E-state index in [4.69, 9.17) is 0 Å². The molecule has 1 saturated heterocycles. The van der Waals surface area contributed by atoms with Crippen LogP contribution in [0.3, 0.4) is 0 Å². The molecule has 2 aromatic rings. The Labute approximate surface area is 116 Å². The molecule has 1 N–H and O–H groups in total. The molecule has 2 amide bonds. The molecule has 0 aliphatic carbocycles. The molecule has 3 rings (SSSR count). The van der Waals surface area contributed by atoms with Crippen molar-refractivity contribution in [3.05, 3.63) is 36.3 Å². The molecule has 0 spiro atoms. The van der Waals surface area contributed by atoms with E-state index in [1.54, 1.807) is 4.90 Å². The van der Waals surface area contributed by atoms with Crippen LogP contribution in [0.1, 0.15) is 19.0 Å². The monoisotopic (exact) mass is 272 g/mol. The molecule has 2 aromatic heterocycles. The van der Waals surface area contributed by atoms with Crippen molar-refractivity contribution in [2.75, 3.05) is 6.54 Å². The lowest BCUT2D eigenvalue weighted by atomic mass is 10.2. The summed E-state index contributed by atoms with van der Waals surface area (Å²) in [6.07, 6.45) is 4.17. The van der Waals surface area contributed by atoms with Crippen LogP contribution in [0.4, 0.5) is 0 Å². The Kier molecular flexibility index (Phi) is 3.14. The van der Waals surface area contributed by atoms with Crippen LogP contribution in [0.25, 0.3) is 5.65 Å². The van der Waals surface area contributed by atoms with Gasteiger partial charge < -0.3 is 14.6 Å². The second-order valence-corrected chi connectivity index (χ2v) is 5.05. The average molecular weight is 272 g/mol. The lowest BCUT2D eigenvalue weighted by Gasteiger charge is -2.25. The first-order chi connectivity index (χ1) is 9.63. The maximum atomic E-state index is 12.1. The Bertz CT molecular complexity index is 631. The van der Waals surface area contributed by atoms with Crippen LogP contribution in [0.2, 0.25) is 0 Å². The van der Waals surface area contributed by atoms with Crippen LogP contribution < -0.4 is 5.32 Å². The first-order valence-corrected chi connectivity index (χ1v) is 6.62. The van der Waals surface area contributed by atoms with Crippen LogP contribution in [0.15, 0.2) is 30.6 Å². The largest absolute Gasteiger partial charge is 0.347 e. The number of rotatable bonds is 2. The molecule has 3 heterocycles. The van der Waals surface area contributed by atoms with Crippen molar-refractivity contribution in [3.63, 3.8) is 0 Å². The van der Waals surface area contributed by atoms with Gasteiger partial charge in [-0.2, -0.15) is 0 Å². The molecule has 104 valence electrons. The summed E-state index contributed by atoms with van der Waals surface area (Å²) in [5, 5.41) is 2.61. The number of imidazole rings is 1. The summed E-state index contributed by atoms with van der Waals surface area (Å²) in [5.74, 6) is -0.149.